The summed E-state index contributed by atoms with van der Waals surface area (Å²) >= 11 is 0. The van der Waals surface area contributed by atoms with Gasteiger partial charge in [0.15, 0.2) is 0 Å². The second-order valence-corrected chi connectivity index (χ2v) is 3.75. The highest BCUT2D eigenvalue weighted by atomic mass is 16.2. The van der Waals surface area contributed by atoms with Crippen LogP contribution in [0.4, 0.5) is 0 Å². The minimum absolute atomic E-state index is 0.169. The first-order valence-corrected chi connectivity index (χ1v) is 5.08. The molecule has 2 heterocycles. The lowest BCUT2D eigenvalue weighted by molar-refractivity contribution is -0.134. The summed E-state index contributed by atoms with van der Waals surface area (Å²) in [5.41, 5.74) is 0. The minimum atomic E-state index is 0.169. The number of carbonyl (C=O) groups is 1. The van der Waals surface area contributed by atoms with E-state index in [1.807, 2.05) is 0 Å². The Labute approximate surface area is 78.7 Å². The van der Waals surface area contributed by atoms with Crippen molar-refractivity contribution < 1.29 is 4.79 Å². The number of hydrogen-bond donors (Lipinski definition) is 2. The van der Waals surface area contributed by atoms with Crippen LogP contribution in [-0.2, 0) is 4.79 Å². The van der Waals surface area contributed by atoms with Gasteiger partial charge in [0, 0.05) is 0 Å². The average molecular weight is 183 g/mol. The first kappa shape index (κ1) is 8.97. The van der Waals surface area contributed by atoms with Gasteiger partial charge in [0.05, 0.1) is 18.8 Å². The fourth-order valence-electron chi connectivity index (χ4n) is 2.25. The maximum atomic E-state index is 11.5. The zero-order valence-electron chi connectivity index (χ0n) is 8.05. The highest BCUT2D eigenvalue weighted by molar-refractivity contribution is 5.80. The summed E-state index contributed by atoms with van der Waals surface area (Å²) in [5, 5.41) is 6.35. The van der Waals surface area contributed by atoms with Crippen molar-refractivity contribution in [1.82, 2.24) is 15.5 Å². The van der Waals surface area contributed by atoms with Crippen molar-refractivity contribution in [2.45, 2.75) is 25.9 Å². The Hall–Kier alpha value is -0.610. The molecule has 1 amide bonds. The maximum absolute atomic E-state index is 11.5. The summed E-state index contributed by atoms with van der Waals surface area (Å²) < 4.78 is 0. The Kier molecular flexibility index (Phi) is 2.51. The van der Waals surface area contributed by atoms with Gasteiger partial charge in [0.1, 0.15) is 0 Å². The minimum Gasteiger partial charge on any atom is -0.343 e. The Morgan fingerprint density at radius 3 is 3.23 bits per heavy atom. The Bertz CT molecular complexity index is 207. The smallest absolute Gasteiger partial charge is 0.227 e. The molecule has 2 N–H and O–H groups in total. The van der Waals surface area contributed by atoms with Gasteiger partial charge in [-0.3, -0.25) is 9.69 Å². The number of amides is 1. The van der Waals surface area contributed by atoms with Crippen LogP contribution >= 0.6 is 0 Å². The normalized spacial score (nSPS) is 35.3. The summed E-state index contributed by atoms with van der Waals surface area (Å²) in [6.07, 6.45) is 2.43. The molecule has 0 radical (unpaired) electrons. The lowest BCUT2D eigenvalue weighted by atomic mass is 9.92. The Morgan fingerprint density at radius 2 is 2.46 bits per heavy atom. The molecule has 0 spiro atoms. The fourth-order valence-corrected chi connectivity index (χ4v) is 2.25. The molecule has 0 aromatic carbocycles. The number of piperidine rings is 1. The Balaban J connectivity index is 2.09. The third kappa shape index (κ3) is 1.56. The highest BCUT2D eigenvalue weighted by Gasteiger charge is 2.37. The molecule has 2 atom stereocenters. The van der Waals surface area contributed by atoms with E-state index in [4.69, 9.17) is 0 Å². The molecule has 0 saturated carbocycles. The van der Waals surface area contributed by atoms with Crippen LogP contribution in [0.15, 0.2) is 0 Å². The molecule has 2 rings (SSSR count). The maximum Gasteiger partial charge on any atom is 0.227 e. The fraction of sp³-hybridized carbons (Fsp3) is 0.889. The van der Waals surface area contributed by atoms with Crippen LogP contribution in [0.2, 0.25) is 0 Å². The van der Waals surface area contributed by atoms with Crippen LogP contribution in [0, 0.1) is 5.92 Å². The van der Waals surface area contributed by atoms with E-state index in [0.29, 0.717) is 6.67 Å². The van der Waals surface area contributed by atoms with E-state index in [2.05, 4.69) is 22.5 Å². The highest BCUT2D eigenvalue weighted by Crippen LogP contribution is 2.21. The molecule has 2 aliphatic heterocycles. The molecular weight excluding hydrogens is 166 g/mol. The third-order valence-corrected chi connectivity index (χ3v) is 3.02. The number of nitrogens with zero attached hydrogens (tertiary/aromatic N) is 1. The van der Waals surface area contributed by atoms with E-state index >= 15 is 0 Å². The lowest BCUT2D eigenvalue weighted by Crippen LogP contribution is -2.64. The monoisotopic (exact) mass is 183 g/mol. The third-order valence-electron chi connectivity index (χ3n) is 3.02. The second kappa shape index (κ2) is 3.64. The zero-order chi connectivity index (χ0) is 9.26. The van der Waals surface area contributed by atoms with Gasteiger partial charge in [0.25, 0.3) is 0 Å². The van der Waals surface area contributed by atoms with Gasteiger partial charge in [0.2, 0.25) is 5.91 Å². The number of carbonyl (C=O) groups excluding carboxylic acids is 1. The number of fused-ring (bicyclic) bond motifs is 1. The SMILES string of the molecule is CCN1CNC(=O)C2CCCNC21. The molecule has 4 heteroatoms. The summed E-state index contributed by atoms with van der Waals surface area (Å²) in [6.45, 7) is 4.87. The molecule has 2 fully saturated rings. The number of rotatable bonds is 1. The van der Waals surface area contributed by atoms with E-state index in [1.54, 1.807) is 0 Å². The Morgan fingerprint density at radius 1 is 1.62 bits per heavy atom. The van der Waals surface area contributed by atoms with Gasteiger partial charge in [-0.1, -0.05) is 6.92 Å². The van der Waals surface area contributed by atoms with Gasteiger partial charge in [-0.15, -0.1) is 0 Å². The predicted octanol–water partition coefficient (Wildman–Crippen LogP) is -0.279. The average Bonchev–Trinajstić information content (AvgIpc) is 2.19. The molecule has 4 nitrogen and oxygen atoms in total. The van der Waals surface area contributed by atoms with Crippen LogP contribution in [0.25, 0.3) is 0 Å². The topological polar surface area (TPSA) is 44.4 Å². The molecule has 13 heavy (non-hydrogen) atoms. The van der Waals surface area contributed by atoms with Crippen LogP contribution in [-0.4, -0.2) is 36.7 Å². The van der Waals surface area contributed by atoms with Gasteiger partial charge < -0.3 is 10.6 Å². The predicted molar refractivity (Wildman–Crippen MR) is 49.9 cm³/mol. The quantitative estimate of drug-likeness (QED) is 0.588. The summed E-state index contributed by atoms with van der Waals surface area (Å²) in [5.74, 6) is 0.393. The molecule has 74 valence electrons. The molecule has 2 saturated heterocycles. The van der Waals surface area contributed by atoms with Gasteiger partial charge in [-0.2, -0.15) is 0 Å². The zero-order valence-corrected chi connectivity index (χ0v) is 8.05. The lowest BCUT2D eigenvalue weighted by Gasteiger charge is -2.43. The van der Waals surface area contributed by atoms with Crippen LogP contribution < -0.4 is 10.6 Å². The van der Waals surface area contributed by atoms with Gasteiger partial charge >= 0.3 is 0 Å². The molecule has 0 aliphatic carbocycles. The van der Waals surface area contributed by atoms with Crippen LogP contribution in [0.3, 0.4) is 0 Å². The molecule has 0 bridgehead atoms. The van der Waals surface area contributed by atoms with E-state index in [9.17, 15) is 4.79 Å². The first-order chi connectivity index (χ1) is 6.33. The van der Waals surface area contributed by atoms with Crippen molar-refractivity contribution in [3.8, 4) is 0 Å². The molecular formula is C9H17N3O. The van der Waals surface area contributed by atoms with E-state index in [-0.39, 0.29) is 18.0 Å². The molecule has 0 aromatic heterocycles. The number of hydrogen-bond acceptors (Lipinski definition) is 3. The largest absolute Gasteiger partial charge is 0.343 e. The number of nitrogens with one attached hydrogen (secondary N) is 2. The molecule has 2 unspecified atom stereocenters. The van der Waals surface area contributed by atoms with Gasteiger partial charge in [-0.05, 0) is 25.9 Å². The van der Waals surface area contributed by atoms with Crippen molar-refractivity contribution in [1.29, 1.82) is 0 Å². The second-order valence-electron chi connectivity index (χ2n) is 3.75. The van der Waals surface area contributed by atoms with Crippen molar-refractivity contribution in [3.63, 3.8) is 0 Å². The van der Waals surface area contributed by atoms with Crippen molar-refractivity contribution in [2.24, 2.45) is 5.92 Å². The van der Waals surface area contributed by atoms with E-state index in [0.717, 1.165) is 25.9 Å². The van der Waals surface area contributed by atoms with E-state index in [1.165, 1.54) is 0 Å². The summed E-state index contributed by atoms with van der Waals surface area (Å²) in [4.78, 5) is 13.8. The van der Waals surface area contributed by atoms with Crippen molar-refractivity contribution in [3.05, 3.63) is 0 Å². The summed E-state index contributed by atoms with van der Waals surface area (Å²) in [7, 11) is 0. The summed E-state index contributed by atoms with van der Waals surface area (Å²) in [6, 6.07) is 0. The van der Waals surface area contributed by atoms with Crippen LogP contribution in [0.1, 0.15) is 19.8 Å². The molecule has 2 aliphatic rings. The first-order valence-electron chi connectivity index (χ1n) is 5.08. The van der Waals surface area contributed by atoms with E-state index < -0.39 is 0 Å². The standard InChI is InChI=1S/C9H17N3O/c1-2-12-6-11-9(13)7-4-3-5-10-8(7)12/h7-8,10H,2-6H2,1H3,(H,11,13). The van der Waals surface area contributed by atoms with Crippen LogP contribution in [0.5, 0.6) is 0 Å². The van der Waals surface area contributed by atoms with Crippen molar-refractivity contribution >= 4 is 5.91 Å². The molecule has 0 aromatic rings. The van der Waals surface area contributed by atoms with Crippen molar-refractivity contribution in [2.75, 3.05) is 19.8 Å². The van der Waals surface area contributed by atoms with Gasteiger partial charge in [-0.25, -0.2) is 0 Å².